The highest BCUT2D eigenvalue weighted by Crippen LogP contribution is 2.69. The van der Waals surface area contributed by atoms with Crippen molar-refractivity contribution < 1.29 is 24.6 Å². The number of fused-ring (bicyclic) bond motifs is 2. The minimum absolute atomic E-state index is 0.205. The van der Waals surface area contributed by atoms with E-state index in [9.17, 15) is 19.5 Å². The molecule has 2 bridgehead atoms. The van der Waals surface area contributed by atoms with E-state index in [1.807, 2.05) is 0 Å². The maximum absolute atomic E-state index is 12.9. The number of carbonyl (C=O) groups is 3. The fraction of sp³-hybridized carbons (Fsp3) is 0.812. The minimum Gasteiger partial charge on any atom is -0.481 e. The fourth-order valence-corrected chi connectivity index (χ4v) is 5.07. The Morgan fingerprint density at radius 2 is 1.65 bits per heavy atom. The second-order valence-electron chi connectivity index (χ2n) is 7.60. The molecule has 0 radical (unpaired) electrons. The van der Waals surface area contributed by atoms with Gasteiger partial charge in [0, 0.05) is 0 Å². The molecule has 6 N–H and O–H groups in total. The first-order chi connectivity index (χ1) is 10.5. The van der Waals surface area contributed by atoms with Gasteiger partial charge in [-0.05, 0) is 42.4 Å². The highest BCUT2D eigenvalue weighted by molar-refractivity contribution is 5.94. The predicted octanol–water partition coefficient (Wildman–Crippen LogP) is 0.602. The Balaban J connectivity index is 2.41. The molecule has 0 aromatic rings. The molecule has 130 valence electrons. The van der Waals surface area contributed by atoms with E-state index >= 15 is 0 Å². The van der Waals surface area contributed by atoms with Crippen molar-refractivity contribution in [2.45, 2.75) is 58.0 Å². The molecule has 2 rings (SSSR count). The molecular weight excluding hydrogens is 300 g/mol. The number of nitrogens with two attached hydrogens (primary N) is 2. The zero-order valence-electron chi connectivity index (χ0n) is 13.6. The third-order valence-electron chi connectivity index (χ3n) is 6.49. The van der Waals surface area contributed by atoms with Crippen LogP contribution < -0.4 is 11.5 Å². The van der Waals surface area contributed by atoms with E-state index in [0.29, 0.717) is 5.92 Å². The van der Waals surface area contributed by atoms with Crippen molar-refractivity contribution in [1.29, 1.82) is 0 Å². The van der Waals surface area contributed by atoms with Gasteiger partial charge in [0.2, 0.25) is 0 Å². The number of rotatable bonds is 7. The van der Waals surface area contributed by atoms with Gasteiger partial charge in [-0.15, -0.1) is 0 Å². The molecule has 0 heterocycles. The van der Waals surface area contributed by atoms with E-state index < -0.39 is 47.6 Å². The van der Waals surface area contributed by atoms with Crippen LogP contribution in [0, 0.1) is 22.7 Å². The van der Waals surface area contributed by atoms with Crippen molar-refractivity contribution in [3.8, 4) is 0 Å². The average Bonchev–Trinajstić information content (AvgIpc) is 2.84. The number of hydrogen-bond acceptors (Lipinski definition) is 5. The smallest absolute Gasteiger partial charge is 0.321 e. The SMILES string of the molecule is CC1(C)C2CCC1(C(C(=O)[C@@H](N)CC(=O)O)[C@H](N)C(=O)O)CC2. The Labute approximate surface area is 135 Å². The fourth-order valence-electron chi connectivity index (χ4n) is 5.07. The zero-order chi connectivity index (χ0) is 17.6. The summed E-state index contributed by atoms with van der Waals surface area (Å²) in [6, 6.07) is -2.59. The quantitative estimate of drug-likeness (QED) is 0.536. The first kappa shape index (κ1) is 17.9. The molecule has 0 aromatic carbocycles. The summed E-state index contributed by atoms with van der Waals surface area (Å²) >= 11 is 0. The highest BCUT2D eigenvalue weighted by Gasteiger charge is 2.65. The summed E-state index contributed by atoms with van der Waals surface area (Å²) in [6.45, 7) is 4.13. The van der Waals surface area contributed by atoms with Gasteiger partial charge in [0.1, 0.15) is 6.04 Å². The third kappa shape index (κ3) is 2.65. The van der Waals surface area contributed by atoms with Gasteiger partial charge >= 0.3 is 11.9 Å². The summed E-state index contributed by atoms with van der Waals surface area (Å²) < 4.78 is 0. The van der Waals surface area contributed by atoms with Crippen molar-refractivity contribution in [2.24, 2.45) is 34.1 Å². The van der Waals surface area contributed by atoms with Crippen LogP contribution in [-0.4, -0.2) is 40.0 Å². The maximum Gasteiger partial charge on any atom is 0.321 e. The number of Topliss-reactive ketones (excluding diaryl/α,β-unsaturated/α-hetero) is 1. The lowest BCUT2D eigenvalue weighted by Crippen LogP contribution is -2.57. The van der Waals surface area contributed by atoms with Crippen LogP contribution in [0.5, 0.6) is 0 Å². The normalized spacial score (nSPS) is 32.3. The first-order valence-electron chi connectivity index (χ1n) is 8.04. The van der Waals surface area contributed by atoms with E-state index in [1.54, 1.807) is 0 Å². The van der Waals surface area contributed by atoms with E-state index in [1.165, 1.54) is 0 Å². The predicted molar refractivity (Wildman–Crippen MR) is 82.5 cm³/mol. The van der Waals surface area contributed by atoms with Gasteiger partial charge in [0.05, 0.1) is 18.4 Å². The van der Waals surface area contributed by atoms with Crippen molar-refractivity contribution in [3.05, 3.63) is 0 Å². The molecule has 2 aliphatic rings. The Bertz CT molecular complexity index is 523. The molecule has 2 aliphatic carbocycles. The largest absolute Gasteiger partial charge is 0.481 e. The molecule has 1 unspecified atom stereocenters. The van der Waals surface area contributed by atoms with Gasteiger partial charge in [0.25, 0.3) is 0 Å². The molecular formula is C16H26N2O5. The summed E-state index contributed by atoms with van der Waals surface area (Å²) in [5.41, 5.74) is 10.9. The minimum atomic E-state index is -1.36. The first-order valence-corrected chi connectivity index (χ1v) is 8.04. The van der Waals surface area contributed by atoms with Crippen LogP contribution in [0.15, 0.2) is 0 Å². The van der Waals surface area contributed by atoms with Crippen LogP contribution in [0.4, 0.5) is 0 Å². The Hall–Kier alpha value is -1.47. The molecule has 7 nitrogen and oxygen atoms in total. The average molecular weight is 326 g/mol. The van der Waals surface area contributed by atoms with Crippen LogP contribution in [0.2, 0.25) is 0 Å². The highest BCUT2D eigenvalue weighted by atomic mass is 16.4. The number of ketones is 1. The molecule has 0 aliphatic heterocycles. The van der Waals surface area contributed by atoms with Crippen molar-refractivity contribution in [2.75, 3.05) is 0 Å². The number of carboxylic acid groups (broad SMARTS) is 2. The van der Waals surface area contributed by atoms with Crippen LogP contribution in [-0.2, 0) is 14.4 Å². The van der Waals surface area contributed by atoms with Crippen LogP contribution in [0.1, 0.15) is 46.0 Å². The van der Waals surface area contributed by atoms with E-state index in [4.69, 9.17) is 16.6 Å². The van der Waals surface area contributed by atoms with Crippen molar-refractivity contribution in [3.63, 3.8) is 0 Å². The number of aliphatic carboxylic acids is 2. The van der Waals surface area contributed by atoms with Gasteiger partial charge in [0.15, 0.2) is 5.78 Å². The van der Waals surface area contributed by atoms with Crippen LogP contribution >= 0.6 is 0 Å². The molecule has 0 saturated heterocycles. The topological polar surface area (TPSA) is 144 Å². The van der Waals surface area contributed by atoms with E-state index in [2.05, 4.69) is 13.8 Å². The monoisotopic (exact) mass is 326 g/mol. The van der Waals surface area contributed by atoms with Gasteiger partial charge in [-0.1, -0.05) is 13.8 Å². The number of carbonyl (C=O) groups excluding carboxylic acids is 1. The molecule has 2 fully saturated rings. The summed E-state index contributed by atoms with van der Waals surface area (Å²) in [4.78, 5) is 35.2. The third-order valence-corrected chi connectivity index (χ3v) is 6.49. The Morgan fingerprint density at radius 1 is 1.13 bits per heavy atom. The van der Waals surface area contributed by atoms with Crippen LogP contribution in [0.3, 0.4) is 0 Å². The van der Waals surface area contributed by atoms with Gasteiger partial charge in [-0.25, -0.2) is 0 Å². The second-order valence-corrected chi connectivity index (χ2v) is 7.60. The zero-order valence-corrected chi connectivity index (χ0v) is 13.6. The molecule has 0 aromatic heterocycles. The lowest BCUT2D eigenvalue weighted by Gasteiger charge is -2.46. The summed E-state index contributed by atoms with van der Waals surface area (Å²) in [5.74, 6) is -3.46. The number of carboxylic acids is 2. The molecule has 23 heavy (non-hydrogen) atoms. The van der Waals surface area contributed by atoms with Gasteiger partial charge < -0.3 is 21.7 Å². The summed E-state index contributed by atoms with van der Waals surface area (Å²) in [5, 5.41) is 18.3. The second kappa shape index (κ2) is 5.87. The maximum atomic E-state index is 12.9. The van der Waals surface area contributed by atoms with Gasteiger partial charge in [-0.2, -0.15) is 0 Å². The van der Waals surface area contributed by atoms with E-state index in [0.717, 1.165) is 25.7 Å². The Kier molecular flexibility index (Phi) is 4.56. The molecule has 3 atom stereocenters. The number of hydrogen-bond donors (Lipinski definition) is 4. The molecule has 7 heteroatoms. The standard InChI is InChI=1S/C16H26N2O5/c1-15(2)8-3-5-16(15,6-4-8)11(12(18)14(22)23)13(21)9(17)7-10(19)20/h8-9,11-12H,3-7,17-18H2,1-2H3,(H,19,20)(H,22,23)/t8?,9-,11?,12-,16?/m0/s1. The van der Waals surface area contributed by atoms with Gasteiger partial charge in [-0.3, -0.25) is 14.4 Å². The van der Waals surface area contributed by atoms with Crippen molar-refractivity contribution >= 4 is 17.7 Å². The Morgan fingerprint density at radius 3 is 2.00 bits per heavy atom. The summed E-state index contributed by atoms with van der Waals surface area (Å²) in [6.07, 6.45) is 2.85. The molecule has 0 spiro atoms. The lowest BCUT2D eigenvalue weighted by molar-refractivity contribution is -0.149. The summed E-state index contributed by atoms with van der Waals surface area (Å²) in [7, 11) is 0. The molecule has 2 saturated carbocycles. The van der Waals surface area contributed by atoms with Crippen molar-refractivity contribution in [1.82, 2.24) is 0 Å². The van der Waals surface area contributed by atoms with Crippen LogP contribution in [0.25, 0.3) is 0 Å². The molecule has 0 amide bonds. The lowest BCUT2D eigenvalue weighted by atomic mass is 9.58. The van der Waals surface area contributed by atoms with E-state index in [-0.39, 0.29) is 5.41 Å².